The van der Waals surface area contributed by atoms with Crippen LogP contribution in [0.25, 0.3) is 0 Å². The Hall–Kier alpha value is -1.38. The van der Waals surface area contributed by atoms with Crippen molar-refractivity contribution >= 4 is 11.6 Å². The van der Waals surface area contributed by atoms with Gasteiger partial charge in [0, 0.05) is 5.02 Å². The van der Waals surface area contributed by atoms with Crippen molar-refractivity contribution in [1.82, 2.24) is 0 Å². The molecule has 0 aliphatic rings. The van der Waals surface area contributed by atoms with Crippen LogP contribution in [-0.2, 0) is 0 Å². The molecule has 2 aromatic carbocycles. The minimum atomic E-state index is -0.358. The fourth-order valence-corrected chi connectivity index (χ4v) is 2.13. The zero-order valence-electron chi connectivity index (χ0n) is 9.45. The molecule has 0 aromatic heterocycles. The number of benzene rings is 2. The number of rotatable bonds is 2. The maximum atomic E-state index is 13.1. The summed E-state index contributed by atoms with van der Waals surface area (Å²) in [7, 11) is 0. The van der Waals surface area contributed by atoms with Gasteiger partial charge in [-0.25, -0.2) is 4.39 Å². The average molecular weight is 250 g/mol. The molecule has 0 radical (unpaired) electrons. The first-order valence-electron chi connectivity index (χ1n) is 5.34. The van der Waals surface area contributed by atoms with Crippen LogP contribution in [-0.4, -0.2) is 0 Å². The van der Waals surface area contributed by atoms with Crippen molar-refractivity contribution in [1.29, 1.82) is 0 Å². The van der Waals surface area contributed by atoms with Crippen LogP contribution in [0.3, 0.4) is 0 Å². The SMILES string of the molecule is Cc1cc(Cl)cc(C(N)c2cccc(F)c2)c1. The summed E-state index contributed by atoms with van der Waals surface area (Å²) >= 11 is 5.98. The van der Waals surface area contributed by atoms with E-state index in [1.165, 1.54) is 12.1 Å². The van der Waals surface area contributed by atoms with E-state index in [1.54, 1.807) is 6.07 Å². The molecule has 0 fully saturated rings. The van der Waals surface area contributed by atoms with E-state index in [4.69, 9.17) is 17.3 Å². The Balaban J connectivity index is 2.39. The lowest BCUT2D eigenvalue weighted by Crippen LogP contribution is -2.12. The van der Waals surface area contributed by atoms with Gasteiger partial charge >= 0.3 is 0 Å². The van der Waals surface area contributed by atoms with Gasteiger partial charge in [-0.05, 0) is 47.9 Å². The van der Waals surface area contributed by atoms with Crippen molar-refractivity contribution in [2.75, 3.05) is 0 Å². The molecule has 3 heteroatoms. The first-order chi connectivity index (χ1) is 8.06. The molecule has 2 rings (SSSR count). The van der Waals surface area contributed by atoms with E-state index in [2.05, 4.69) is 0 Å². The summed E-state index contributed by atoms with van der Waals surface area (Å²) in [5.74, 6) is -0.281. The third-order valence-corrected chi connectivity index (χ3v) is 2.85. The van der Waals surface area contributed by atoms with Gasteiger partial charge in [0.15, 0.2) is 0 Å². The molecule has 1 nitrogen and oxygen atoms in total. The van der Waals surface area contributed by atoms with E-state index in [-0.39, 0.29) is 11.9 Å². The highest BCUT2D eigenvalue weighted by Crippen LogP contribution is 2.24. The van der Waals surface area contributed by atoms with Gasteiger partial charge in [-0.1, -0.05) is 29.8 Å². The van der Waals surface area contributed by atoms with E-state index in [0.717, 1.165) is 16.7 Å². The highest BCUT2D eigenvalue weighted by Gasteiger charge is 2.10. The van der Waals surface area contributed by atoms with Gasteiger partial charge in [0.2, 0.25) is 0 Å². The third-order valence-electron chi connectivity index (χ3n) is 2.63. The topological polar surface area (TPSA) is 26.0 Å². The molecule has 0 aliphatic heterocycles. The Labute approximate surface area is 105 Å². The summed E-state index contributed by atoms with van der Waals surface area (Å²) in [5.41, 5.74) is 8.77. The highest BCUT2D eigenvalue weighted by atomic mass is 35.5. The average Bonchev–Trinajstić information content (AvgIpc) is 2.26. The molecular formula is C14H13ClFN. The van der Waals surface area contributed by atoms with Gasteiger partial charge in [-0.2, -0.15) is 0 Å². The summed E-state index contributed by atoms with van der Waals surface area (Å²) in [6.07, 6.45) is 0. The molecule has 0 saturated heterocycles. The zero-order chi connectivity index (χ0) is 12.4. The van der Waals surface area contributed by atoms with Gasteiger partial charge in [-0.15, -0.1) is 0 Å². The van der Waals surface area contributed by atoms with Crippen LogP contribution in [0.4, 0.5) is 4.39 Å². The van der Waals surface area contributed by atoms with Crippen LogP contribution in [0, 0.1) is 12.7 Å². The molecule has 17 heavy (non-hydrogen) atoms. The highest BCUT2D eigenvalue weighted by molar-refractivity contribution is 6.30. The maximum absolute atomic E-state index is 13.1. The summed E-state index contributed by atoms with van der Waals surface area (Å²) in [6, 6.07) is 11.6. The molecule has 88 valence electrons. The Kier molecular flexibility index (Phi) is 3.46. The van der Waals surface area contributed by atoms with Gasteiger partial charge in [0.25, 0.3) is 0 Å². The van der Waals surface area contributed by atoms with Crippen LogP contribution < -0.4 is 5.73 Å². The van der Waals surface area contributed by atoms with E-state index in [9.17, 15) is 4.39 Å². The number of hydrogen-bond acceptors (Lipinski definition) is 1. The second kappa shape index (κ2) is 4.86. The smallest absolute Gasteiger partial charge is 0.123 e. The van der Waals surface area contributed by atoms with Crippen molar-refractivity contribution < 1.29 is 4.39 Å². The molecule has 2 aromatic rings. The van der Waals surface area contributed by atoms with Crippen LogP contribution >= 0.6 is 11.6 Å². The number of aryl methyl sites for hydroxylation is 1. The first-order valence-corrected chi connectivity index (χ1v) is 5.72. The lowest BCUT2D eigenvalue weighted by molar-refractivity contribution is 0.623. The minimum Gasteiger partial charge on any atom is -0.320 e. The molecule has 1 atom stereocenters. The lowest BCUT2D eigenvalue weighted by Gasteiger charge is -2.13. The van der Waals surface area contributed by atoms with Gasteiger partial charge < -0.3 is 5.73 Å². The van der Waals surface area contributed by atoms with Crippen molar-refractivity contribution in [3.8, 4) is 0 Å². The fraction of sp³-hybridized carbons (Fsp3) is 0.143. The van der Waals surface area contributed by atoms with Crippen LogP contribution in [0.15, 0.2) is 42.5 Å². The van der Waals surface area contributed by atoms with E-state index >= 15 is 0 Å². The molecule has 0 heterocycles. The monoisotopic (exact) mass is 249 g/mol. The second-order valence-electron chi connectivity index (χ2n) is 4.09. The Morgan fingerprint density at radius 1 is 1.12 bits per heavy atom. The summed E-state index contributed by atoms with van der Waals surface area (Å²) in [5, 5.41) is 0.645. The predicted molar refractivity (Wildman–Crippen MR) is 68.6 cm³/mol. The molecule has 0 bridgehead atoms. The summed E-state index contributed by atoms with van der Waals surface area (Å²) in [6.45, 7) is 1.95. The van der Waals surface area contributed by atoms with Crippen molar-refractivity contribution in [3.05, 3.63) is 70.0 Å². The van der Waals surface area contributed by atoms with E-state index in [0.29, 0.717) is 5.02 Å². The number of halogens is 2. The van der Waals surface area contributed by atoms with E-state index < -0.39 is 0 Å². The quantitative estimate of drug-likeness (QED) is 0.860. The molecule has 0 aliphatic carbocycles. The standard InChI is InChI=1S/C14H13ClFN/c1-9-5-11(7-12(15)6-9)14(17)10-3-2-4-13(16)8-10/h2-8,14H,17H2,1H3. The van der Waals surface area contributed by atoms with Crippen molar-refractivity contribution in [2.24, 2.45) is 5.73 Å². The van der Waals surface area contributed by atoms with Gasteiger partial charge in [0.1, 0.15) is 5.82 Å². The molecule has 2 N–H and O–H groups in total. The van der Waals surface area contributed by atoms with Crippen molar-refractivity contribution in [3.63, 3.8) is 0 Å². The second-order valence-corrected chi connectivity index (χ2v) is 4.53. The van der Waals surface area contributed by atoms with Crippen LogP contribution in [0.2, 0.25) is 5.02 Å². The Morgan fingerprint density at radius 2 is 1.88 bits per heavy atom. The zero-order valence-corrected chi connectivity index (χ0v) is 10.2. The molecule has 1 unspecified atom stereocenters. The largest absolute Gasteiger partial charge is 0.320 e. The minimum absolute atomic E-state index is 0.281. The Bertz CT molecular complexity index is 519. The van der Waals surface area contributed by atoms with Crippen LogP contribution in [0.5, 0.6) is 0 Å². The Morgan fingerprint density at radius 3 is 2.53 bits per heavy atom. The third kappa shape index (κ3) is 2.84. The van der Waals surface area contributed by atoms with Crippen LogP contribution in [0.1, 0.15) is 22.7 Å². The maximum Gasteiger partial charge on any atom is 0.123 e. The molecule has 0 saturated carbocycles. The van der Waals surface area contributed by atoms with E-state index in [1.807, 2.05) is 31.2 Å². The summed E-state index contributed by atoms with van der Waals surface area (Å²) in [4.78, 5) is 0. The normalized spacial score (nSPS) is 12.5. The fourth-order valence-electron chi connectivity index (χ4n) is 1.84. The summed E-state index contributed by atoms with van der Waals surface area (Å²) < 4.78 is 13.1. The first kappa shape index (κ1) is 12.1. The van der Waals surface area contributed by atoms with Crippen molar-refractivity contribution in [2.45, 2.75) is 13.0 Å². The predicted octanol–water partition coefficient (Wildman–Crippen LogP) is 3.84. The molecule has 0 amide bonds. The molecule has 0 spiro atoms. The van der Waals surface area contributed by atoms with Gasteiger partial charge in [0.05, 0.1) is 6.04 Å². The lowest BCUT2D eigenvalue weighted by atomic mass is 9.98. The number of nitrogens with two attached hydrogens (primary N) is 1. The molecular weight excluding hydrogens is 237 g/mol. The number of hydrogen-bond donors (Lipinski definition) is 1. The van der Waals surface area contributed by atoms with Gasteiger partial charge in [-0.3, -0.25) is 0 Å².